The number of carbonyl (C=O) groups is 1. The quantitative estimate of drug-likeness (QED) is 0.682. The Morgan fingerprint density at radius 2 is 1.61 bits per heavy atom. The molecule has 18 heavy (non-hydrogen) atoms. The third-order valence-corrected chi connectivity index (χ3v) is 3.59. The smallest absolute Gasteiger partial charge is 0.224 e. The van der Waals surface area contributed by atoms with Crippen LogP contribution in [0.2, 0.25) is 0 Å². The number of rotatable bonds is 0. The van der Waals surface area contributed by atoms with E-state index >= 15 is 0 Å². The van der Waals surface area contributed by atoms with Crippen LogP contribution in [0, 0.1) is 0 Å². The number of carbonyl (C=O) groups excluding carboxylic acids is 1. The fourth-order valence-electron chi connectivity index (χ4n) is 2.81. The molecular weight excluding hydrogens is 222 g/mol. The fourth-order valence-corrected chi connectivity index (χ4v) is 2.81. The van der Waals surface area contributed by atoms with E-state index in [0.717, 1.165) is 11.3 Å². The first-order chi connectivity index (χ1) is 8.70. The predicted molar refractivity (Wildman–Crippen MR) is 73.5 cm³/mol. The van der Waals surface area contributed by atoms with E-state index in [4.69, 9.17) is 0 Å². The molecule has 1 aliphatic heterocycles. The highest BCUT2D eigenvalue weighted by atomic mass is 16.2. The summed E-state index contributed by atoms with van der Waals surface area (Å²) in [7, 11) is 0. The molecule has 0 N–H and O–H groups in total. The molecule has 1 atom stereocenters. The molecule has 0 spiro atoms. The number of amides is 1. The Morgan fingerprint density at radius 3 is 2.33 bits per heavy atom. The lowest BCUT2D eigenvalue weighted by atomic mass is 9.89. The van der Waals surface area contributed by atoms with E-state index in [9.17, 15) is 4.79 Å². The number of hydrogen-bond acceptors (Lipinski definition) is 1. The van der Waals surface area contributed by atoms with Crippen LogP contribution in [0.1, 0.15) is 25.5 Å². The summed E-state index contributed by atoms with van der Waals surface area (Å²) in [5, 5.41) is 0. The van der Waals surface area contributed by atoms with Gasteiger partial charge in [0, 0.05) is 12.5 Å². The van der Waals surface area contributed by atoms with Gasteiger partial charge >= 0.3 is 0 Å². The zero-order valence-corrected chi connectivity index (χ0v) is 10.6. The second-order valence-corrected chi connectivity index (χ2v) is 4.67. The fraction of sp³-hybridized carbons (Fsp3) is 0.188. The van der Waals surface area contributed by atoms with Crippen LogP contribution in [0.25, 0.3) is 11.1 Å². The van der Waals surface area contributed by atoms with Crippen molar-refractivity contribution in [1.82, 2.24) is 0 Å². The average Bonchev–Trinajstić information content (AvgIpc) is 2.39. The molecule has 1 aliphatic rings. The predicted octanol–water partition coefficient (Wildman–Crippen LogP) is 3.78. The monoisotopic (exact) mass is 237 g/mol. The Morgan fingerprint density at radius 1 is 1.00 bits per heavy atom. The normalized spacial score (nSPS) is 17.0. The highest BCUT2D eigenvalue weighted by Crippen LogP contribution is 2.44. The summed E-state index contributed by atoms with van der Waals surface area (Å²) in [5.74, 6) is 0.0875. The van der Waals surface area contributed by atoms with Crippen molar-refractivity contribution >= 4 is 11.6 Å². The van der Waals surface area contributed by atoms with Crippen molar-refractivity contribution in [3.63, 3.8) is 0 Å². The maximum atomic E-state index is 11.9. The molecule has 1 heterocycles. The summed E-state index contributed by atoms with van der Waals surface area (Å²) in [6, 6.07) is 16.5. The molecule has 0 saturated carbocycles. The van der Waals surface area contributed by atoms with Gasteiger partial charge in [-0.05, 0) is 24.1 Å². The molecule has 0 fully saturated rings. The molecule has 0 aromatic heterocycles. The van der Waals surface area contributed by atoms with Gasteiger partial charge in [-0.25, -0.2) is 0 Å². The van der Waals surface area contributed by atoms with Gasteiger partial charge in [0.2, 0.25) is 5.91 Å². The molecule has 0 saturated heterocycles. The van der Waals surface area contributed by atoms with Gasteiger partial charge in [0.1, 0.15) is 0 Å². The second kappa shape index (κ2) is 3.98. The zero-order valence-electron chi connectivity index (χ0n) is 10.6. The van der Waals surface area contributed by atoms with E-state index in [1.165, 1.54) is 11.1 Å². The second-order valence-electron chi connectivity index (χ2n) is 4.67. The van der Waals surface area contributed by atoms with Gasteiger partial charge in [0.25, 0.3) is 0 Å². The molecule has 2 heteroatoms. The van der Waals surface area contributed by atoms with Crippen molar-refractivity contribution in [1.29, 1.82) is 0 Å². The number of nitrogens with zero attached hydrogens (tertiary/aromatic N) is 1. The Bertz CT molecular complexity index is 618. The third kappa shape index (κ3) is 1.46. The van der Waals surface area contributed by atoms with Crippen molar-refractivity contribution in [2.45, 2.75) is 19.9 Å². The van der Waals surface area contributed by atoms with Crippen molar-refractivity contribution in [2.75, 3.05) is 4.90 Å². The van der Waals surface area contributed by atoms with Crippen LogP contribution in [0.4, 0.5) is 5.69 Å². The Labute approximate surface area is 107 Å². The number of fused-ring (bicyclic) bond motifs is 3. The molecule has 2 aromatic carbocycles. The minimum atomic E-state index is 0.0875. The molecular formula is C16H15NO. The first kappa shape index (κ1) is 11.0. The van der Waals surface area contributed by atoms with Crippen LogP contribution in [-0.2, 0) is 4.79 Å². The highest BCUT2D eigenvalue weighted by molar-refractivity contribution is 6.00. The summed E-state index contributed by atoms with van der Waals surface area (Å²) in [6.07, 6.45) is 0. The first-order valence-electron chi connectivity index (χ1n) is 6.18. The summed E-state index contributed by atoms with van der Waals surface area (Å²) in [5.41, 5.74) is 4.60. The molecule has 0 bridgehead atoms. The zero-order chi connectivity index (χ0) is 12.7. The van der Waals surface area contributed by atoms with E-state index in [1.807, 2.05) is 35.2 Å². The third-order valence-electron chi connectivity index (χ3n) is 3.59. The van der Waals surface area contributed by atoms with Crippen molar-refractivity contribution < 1.29 is 4.79 Å². The lowest BCUT2D eigenvalue weighted by Crippen LogP contribution is -2.34. The van der Waals surface area contributed by atoms with E-state index in [-0.39, 0.29) is 11.9 Å². The Hall–Kier alpha value is -2.09. The molecule has 90 valence electrons. The van der Waals surface area contributed by atoms with Crippen molar-refractivity contribution in [2.24, 2.45) is 0 Å². The lowest BCUT2D eigenvalue weighted by Gasteiger charge is -2.36. The Balaban J connectivity index is 2.31. The number of benzene rings is 2. The molecule has 1 unspecified atom stereocenters. The van der Waals surface area contributed by atoms with Gasteiger partial charge in [0.05, 0.1) is 11.7 Å². The summed E-state index contributed by atoms with van der Waals surface area (Å²) >= 11 is 0. The Kier molecular flexibility index (Phi) is 2.44. The maximum Gasteiger partial charge on any atom is 0.224 e. The van der Waals surface area contributed by atoms with Crippen molar-refractivity contribution in [3.8, 4) is 11.1 Å². The number of hydrogen-bond donors (Lipinski definition) is 0. The first-order valence-corrected chi connectivity index (χ1v) is 6.18. The van der Waals surface area contributed by atoms with Gasteiger partial charge in [0.15, 0.2) is 0 Å². The highest BCUT2D eigenvalue weighted by Gasteiger charge is 2.29. The van der Waals surface area contributed by atoms with Gasteiger partial charge in [-0.15, -0.1) is 0 Å². The van der Waals surface area contributed by atoms with E-state index in [0.29, 0.717) is 0 Å². The largest absolute Gasteiger partial charge is 0.305 e. The minimum absolute atomic E-state index is 0.0875. The van der Waals surface area contributed by atoms with E-state index < -0.39 is 0 Å². The maximum absolute atomic E-state index is 11.9. The molecule has 3 rings (SSSR count). The van der Waals surface area contributed by atoms with E-state index in [1.54, 1.807) is 6.92 Å². The summed E-state index contributed by atoms with van der Waals surface area (Å²) in [6.45, 7) is 3.71. The van der Waals surface area contributed by atoms with Crippen molar-refractivity contribution in [3.05, 3.63) is 54.1 Å². The van der Waals surface area contributed by atoms with E-state index in [2.05, 4.69) is 25.1 Å². The molecule has 0 radical (unpaired) electrons. The summed E-state index contributed by atoms with van der Waals surface area (Å²) in [4.78, 5) is 13.8. The molecule has 2 aromatic rings. The van der Waals surface area contributed by atoms with Crippen LogP contribution < -0.4 is 4.90 Å². The SMILES string of the molecule is CC(=O)N1c2ccccc2-c2ccccc2C1C. The molecule has 0 aliphatic carbocycles. The average molecular weight is 237 g/mol. The van der Waals surface area contributed by atoms with Gasteiger partial charge in [-0.1, -0.05) is 42.5 Å². The van der Waals surface area contributed by atoms with Gasteiger partial charge < -0.3 is 4.90 Å². The molecule has 1 amide bonds. The van der Waals surface area contributed by atoms with Crippen LogP contribution in [0.5, 0.6) is 0 Å². The van der Waals surface area contributed by atoms with Crippen LogP contribution >= 0.6 is 0 Å². The van der Waals surface area contributed by atoms with Crippen LogP contribution in [0.15, 0.2) is 48.5 Å². The lowest BCUT2D eigenvalue weighted by molar-refractivity contribution is -0.117. The standard InChI is InChI=1S/C16H15NO/c1-11-13-7-3-4-8-14(13)15-9-5-6-10-16(15)17(11)12(2)18/h3-11H,1-2H3. The summed E-state index contributed by atoms with van der Waals surface area (Å²) < 4.78 is 0. The minimum Gasteiger partial charge on any atom is -0.305 e. The number of para-hydroxylation sites is 1. The number of anilines is 1. The van der Waals surface area contributed by atoms with Crippen LogP contribution in [-0.4, -0.2) is 5.91 Å². The van der Waals surface area contributed by atoms with Gasteiger partial charge in [-0.2, -0.15) is 0 Å². The molecule has 2 nitrogen and oxygen atoms in total. The topological polar surface area (TPSA) is 20.3 Å². The van der Waals surface area contributed by atoms with Gasteiger partial charge in [-0.3, -0.25) is 4.79 Å². The van der Waals surface area contributed by atoms with Crippen LogP contribution in [0.3, 0.4) is 0 Å².